The number of nitrogens with one attached hydrogen (secondary N) is 2. The van der Waals surface area contributed by atoms with E-state index in [1.165, 1.54) is 61.3 Å². The number of fused-ring (bicyclic) bond motifs is 1. The van der Waals surface area contributed by atoms with Crippen LogP contribution in [-0.4, -0.2) is 32.7 Å². The van der Waals surface area contributed by atoms with Gasteiger partial charge in [0.15, 0.2) is 0 Å². The van der Waals surface area contributed by atoms with Gasteiger partial charge in [0.2, 0.25) is 0 Å². The molecular weight excluding hydrogens is 342 g/mol. The Kier molecular flexibility index (Phi) is 11.2. The second kappa shape index (κ2) is 13.7. The summed E-state index contributed by atoms with van der Waals surface area (Å²) in [5.41, 5.74) is 7.51. The molecule has 0 aliphatic rings. The summed E-state index contributed by atoms with van der Waals surface area (Å²) in [5.74, 6) is 0.727. The first-order chi connectivity index (χ1) is 13.8. The van der Waals surface area contributed by atoms with Gasteiger partial charge >= 0.3 is 0 Å². The van der Waals surface area contributed by atoms with Crippen LogP contribution in [0.25, 0.3) is 10.8 Å². The van der Waals surface area contributed by atoms with Crippen LogP contribution in [0.1, 0.15) is 57.4 Å². The van der Waals surface area contributed by atoms with Crippen molar-refractivity contribution in [3.63, 3.8) is 0 Å². The number of rotatable bonds is 15. The lowest BCUT2D eigenvalue weighted by atomic mass is 9.92. The van der Waals surface area contributed by atoms with Gasteiger partial charge in [0, 0.05) is 12.6 Å². The Morgan fingerprint density at radius 1 is 0.929 bits per heavy atom. The maximum Gasteiger partial charge on any atom is 0.0190 e. The minimum absolute atomic E-state index is 0.457. The molecule has 2 aromatic carbocycles. The first kappa shape index (κ1) is 22.9. The lowest BCUT2D eigenvalue weighted by molar-refractivity contribution is 0.366. The summed E-state index contributed by atoms with van der Waals surface area (Å²) in [6.07, 6.45) is 9.96. The summed E-state index contributed by atoms with van der Waals surface area (Å²) in [4.78, 5) is 0. The van der Waals surface area contributed by atoms with E-state index < -0.39 is 0 Å². The molecule has 0 bridgehead atoms. The van der Waals surface area contributed by atoms with Crippen molar-refractivity contribution in [2.45, 2.75) is 64.3 Å². The highest BCUT2D eigenvalue weighted by atomic mass is 14.9. The second-order valence-electron chi connectivity index (χ2n) is 8.13. The van der Waals surface area contributed by atoms with Crippen LogP contribution in [0, 0.1) is 5.92 Å². The normalized spacial score (nSPS) is 13.7. The van der Waals surface area contributed by atoms with E-state index >= 15 is 0 Å². The molecule has 0 saturated carbocycles. The van der Waals surface area contributed by atoms with Crippen molar-refractivity contribution < 1.29 is 0 Å². The van der Waals surface area contributed by atoms with Crippen molar-refractivity contribution in [2.75, 3.05) is 26.7 Å². The monoisotopic (exact) mass is 383 g/mol. The fourth-order valence-electron chi connectivity index (χ4n) is 4.04. The zero-order valence-corrected chi connectivity index (χ0v) is 18.1. The summed E-state index contributed by atoms with van der Waals surface area (Å²) < 4.78 is 0. The average Bonchev–Trinajstić information content (AvgIpc) is 2.74. The summed E-state index contributed by atoms with van der Waals surface area (Å²) in [7, 11) is 2.02. The summed E-state index contributed by atoms with van der Waals surface area (Å²) in [5, 5.41) is 9.78. The highest BCUT2D eigenvalue weighted by Crippen LogP contribution is 2.22. The third kappa shape index (κ3) is 7.90. The predicted molar refractivity (Wildman–Crippen MR) is 124 cm³/mol. The molecule has 0 unspecified atom stereocenters. The first-order valence-corrected chi connectivity index (χ1v) is 11.3. The number of aryl methyl sites for hydroxylation is 1. The molecule has 0 amide bonds. The van der Waals surface area contributed by atoms with Crippen LogP contribution in [0.15, 0.2) is 42.5 Å². The number of hydrogen-bond acceptors (Lipinski definition) is 3. The largest absolute Gasteiger partial charge is 0.329 e. The Morgan fingerprint density at radius 3 is 2.54 bits per heavy atom. The maximum absolute atomic E-state index is 6.02. The van der Waals surface area contributed by atoms with Crippen molar-refractivity contribution in [3.8, 4) is 0 Å². The van der Waals surface area contributed by atoms with Crippen LogP contribution in [-0.2, 0) is 6.42 Å². The van der Waals surface area contributed by atoms with E-state index in [0.717, 1.165) is 32.0 Å². The molecule has 156 valence electrons. The van der Waals surface area contributed by atoms with Gasteiger partial charge in [0.25, 0.3) is 0 Å². The van der Waals surface area contributed by atoms with Crippen molar-refractivity contribution in [2.24, 2.45) is 11.7 Å². The van der Waals surface area contributed by atoms with Crippen molar-refractivity contribution in [3.05, 3.63) is 48.0 Å². The van der Waals surface area contributed by atoms with Gasteiger partial charge in [0.1, 0.15) is 0 Å². The number of unbranched alkanes of at least 4 members (excludes halogenated alkanes) is 2. The third-order valence-corrected chi connectivity index (χ3v) is 5.88. The molecule has 0 aliphatic heterocycles. The van der Waals surface area contributed by atoms with E-state index in [4.69, 9.17) is 5.73 Å². The fraction of sp³-hybridized carbons (Fsp3) is 0.600. The van der Waals surface area contributed by atoms with Gasteiger partial charge in [-0.05, 0) is 74.5 Å². The van der Waals surface area contributed by atoms with Gasteiger partial charge in [0.05, 0.1) is 0 Å². The van der Waals surface area contributed by atoms with Gasteiger partial charge in [-0.15, -0.1) is 0 Å². The van der Waals surface area contributed by atoms with Gasteiger partial charge < -0.3 is 16.4 Å². The zero-order valence-electron chi connectivity index (χ0n) is 18.1. The van der Waals surface area contributed by atoms with E-state index in [-0.39, 0.29) is 0 Å². The summed E-state index contributed by atoms with van der Waals surface area (Å²) in [6.45, 7) is 5.23. The van der Waals surface area contributed by atoms with Gasteiger partial charge in [-0.1, -0.05) is 68.7 Å². The first-order valence-electron chi connectivity index (χ1n) is 11.3. The van der Waals surface area contributed by atoms with Crippen LogP contribution < -0.4 is 16.4 Å². The Bertz CT molecular complexity index is 650. The molecule has 0 aliphatic carbocycles. The van der Waals surface area contributed by atoms with Gasteiger partial charge in [-0.25, -0.2) is 0 Å². The molecule has 0 heterocycles. The minimum atomic E-state index is 0.457. The lowest BCUT2D eigenvalue weighted by Crippen LogP contribution is -2.39. The summed E-state index contributed by atoms with van der Waals surface area (Å²) in [6, 6.07) is 15.9. The highest BCUT2D eigenvalue weighted by Gasteiger charge is 2.13. The molecule has 0 aromatic heterocycles. The van der Waals surface area contributed by atoms with Crippen LogP contribution in [0.2, 0.25) is 0 Å². The number of benzene rings is 2. The van der Waals surface area contributed by atoms with E-state index in [9.17, 15) is 0 Å². The lowest BCUT2D eigenvalue weighted by Gasteiger charge is -2.23. The van der Waals surface area contributed by atoms with E-state index in [1.807, 2.05) is 7.05 Å². The SMILES string of the molecule is CCCC[C@H](CCc1cccc2ccccc12)CN[C@H](CN)CCCCNC. The van der Waals surface area contributed by atoms with Crippen LogP contribution in [0.5, 0.6) is 0 Å². The molecule has 2 rings (SSSR count). The number of nitrogens with two attached hydrogens (primary N) is 1. The summed E-state index contributed by atoms with van der Waals surface area (Å²) >= 11 is 0. The van der Waals surface area contributed by atoms with Crippen molar-refractivity contribution >= 4 is 10.8 Å². The standard InChI is InChI=1S/C25H41N3/c1-3-4-10-21(20-28-24(19-26)14-7-8-18-27-2)16-17-23-13-9-12-22-11-5-6-15-25(22)23/h5-6,9,11-13,15,21,24,27-28H,3-4,7-8,10,14,16-20,26H2,1-2H3/t21-,24+/m1/s1. The smallest absolute Gasteiger partial charge is 0.0190 e. The predicted octanol–water partition coefficient (Wildman–Crippen LogP) is 4.89. The third-order valence-electron chi connectivity index (χ3n) is 5.88. The molecule has 0 saturated heterocycles. The molecule has 3 nitrogen and oxygen atoms in total. The Hall–Kier alpha value is -1.42. The molecule has 4 N–H and O–H groups in total. The molecule has 2 atom stereocenters. The Balaban J connectivity index is 1.87. The Morgan fingerprint density at radius 2 is 1.75 bits per heavy atom. The van der Waals surface area contributed by atoms with Crippen LogP contribution in [0.3, 0.4) is 0 Å². The average molecular weight is 384 g/mol. The van der Waals surface area contributed by atoms with Crippen LogP contribution in [0.4, 0.5) is 0 Å². The van der Waals surface area contributed by atoms with Crippen molar-refractivity contribution in [1.29, 1.82) is 0 Å². The molecule has 3 heteroatoms. The molecule has 0 spiro atoms. The maximum atomic E-state index is 6.02. The molecular formula is C25H41N3. The van der Waals surface area contributed by atoms with E-state index in [0.29, 0.717) is 6.04 Å². The van der Waals surface area contributed by atoms with Gasteiger partial charge in [-0.2, -0.15) is 0 Å². The number of hydrogen-bond donors (Lipinski definition) is 3. The molecule has 28 heavy (non-hydrogen) atoms. The Labute approximate surface area is 172 Å². The van der Waals surface area contributed by atoms with E-state index in [1.54, 1.807) is 0 Å². The topological polar surface area (TPSA) is 50.1 Å². The van der Waals surface area contributed by atoms with Crippen molar-refractivity contribution in [1.82, 2.24) is 10.6 Å². The molecule has 2 aromatic rings. The van der Waals surface area contributed by atoms with Crippen LogP contribution >= 0.6 is 0 Å². The highest BCUT2D eigenvalue weighted by molar-refractivity contribution is 5.85. The quantitative estimate of drug-likeness (QED) is 0.384. The molecule has 0 radical (unpaired) electrons. The molecule has 0 fully saturated rings. The second-order valence-corrected chi connectivity index (χ2v) is 8.13. The van der Waals surface area contributed by atoms with E-state index in [2.05, 4.69) is 60.0 Å². The minimum Gasteiger partial charge on any atom is -0.329 e. The zero-order chi connectivity index (χ0) is 20.0. The van der Waals surface area contributed by atoms with Gasteiger partial charge in [-0.3, -0.25) is 0 Å². The fourth-order valence-corrected chi connectivity index (χ4v) is 4.04.